The van der Waals surface area contributed by atoms with E-state index in [9.17, 15) is 9.90 Å². The summed E-state index contributed by atoms with van der Waals surface area (Å²) in [4.78, 5) is 10.5. The lowest BCUT2D eigenvalue weighted by molar-refractivity contribution is -0.109. The Morgan fingerprint density at radius 3 is 2.75 bits per heavy atom. The monoisotopic (exact) mass is 272 g/mol. The minimum Gasteiger partial charge on any atom is -0.508 e. The summed E-state index contributed by atoms with van der Waals surface area (Å²) in [7, 11) is 1.75. The molecule has 0 saturated heterocycles. The summed E-state index contributed by atoms with van der Waals surface area (Å²) in [5, 5.41) is 17.7. The molecule has 20 heavy (non-hydrogen) atoms. The molecule has 6 nitrogen and oxygen atoms in total. The molecule has 2 rings (SSSR count). The van der Waals surface area contributed by atoms with E-state index < -0.39 is 0 Å². The van der Waals surface area contributed by atoms with Gasteiger partial charge in [0.15, 0.2) is 5.49 Å². The number of hydrogen-bond donors (Lipinski definition) is 2. The number of aromatic hydroxyl groups is 1. The molecule has 1 heterocycles. The number of carbonyl (C=O) groups is 1. The number of aromatic nitrogens is 2. The van der Waals surface area contributed by atoms with Gasteiger partial charge in [-0.25, -0.2) is 10.1 Å². The van der Waals surface area contributed by atoms with E-state index in [1.807, 2.05) is 19.9 Å². The minimum atomic E-state index is 0.215. The van der Waals surface area contributed by atoms with Gasteiger partial charge in [-0.3, -0.25) is 4.79 Å². The molecule has 0 aliphatic carbocycles. The van der Waals surface area contributed by atoms with Gasteiger partial charge in [0.2, 0.25) is 6.41 Å². The van der Waals surface area contributed by atoms with Crippen molar-refractivity contribution in [3.63, 3.8) is 0 Å². The van der Waals surface area contributed by atoms with Crippen molar-refractivity contribution in [1.82, 2.24) is 15.2 Å². The third-order valence-corrected chi connectivity index (χ3v) is 3.05. The van der Waals surface area contributed by atoms with Crippen LogP contribution in [0.15, 0.2) is 29.5 Å². The molecule has 2 N–H and O–H groups in total. The van der Waals surface area contributed by atoms with Crippen molar-refractivity contribution < 1.29 is 9.90 Å². The summed E-state index contributed by atoms with van der Waals surface area (Å²) in [6.07, 6.45) is 2.25. The van der Waals surface area contributed by atoms with E-state index in [1.54, 1.807) is 30.1 Å². The number of phenols is 1. The van der Waals surface area contributed by atoms with Gasteiger partial charge < -0.3 is 5.11 Å². The number of carbonyl (C=O) groups excluding carboxylic acids is 1. The van der Waals surface area contributed by atoms with Crippen molar-refractivity contribution in [3.8, 4) is 16.9 Å². The van der Waals surface area contributed by atoms with Crippen LogP contribution in [0.1, 0.15) is 11.1 Å². The second kappa shape index (κ2) is 5.56. The number of amides is 1. The van der Waals surface area contributed by atoms with Crippen LogP contribution in [0.4, 0.5) is 0 Å². The second-order valence-corrected chi connectivity index (χ2v) is 4.51. The molecule has 0 aliphatic heterocycles. The van der Waals surface area contributed by atoms with Crippen LogP contribution in [0.5, 0.6) is 5.75 Å². The highest BCUT2D eigenvalue weighted by atomic mass is 16.3. The van der Waals surface area contributed by atoms with E-state index >= 15 is 0 Å². The normalized spacial score (nSPS) is 11.4. The van der Waals surface area contributed by atoms with Crippen LogP contribution in [0.2, 0.25) is 0 Å². The van der Waals surface area contributed by atoms with E-state index in [1.165, 1.54) is 0 Å². The fourth-order valence-electron chi connectivity index (χ4n) is 2.11. The molecule has 0 atom stereocenters. The van der Waals surface area contributed by atoms with Gasteiger partial charge in [0.25, 0.3) is 0 Å². The number of benzene rings is 1. The number of phenolic OH excluding ortho intramolecular Hbond substituents is 1. The van der Waals surface area contributed by atoms with E-state index in [0.29, 0.717) is 11.9 Å². The summed E-state index contributed by atoms with van der Waals surface area (Å²) in [6.45, 7) is 3.83. The molecule has 0 aliphatic rings. The zero-order valence-corrected chi connectivity index (χ0v) is 11.6. The smallest absolute Gasteiger partial charge is 0.227 e. The van der Waals surface area contributed by atoms with Gasteiger partial charge in [0, 0.05) is 12.6 Å². The fourth-order valence-corrected chi connectivity index (χ4v) is 2.11. The first-order valence-electron chi connectivity index (χ1n) is 6.10. The summed E-state index contributed by atoms with van der Waals surface area (Å²) in [6, 6.07) is 5.14. The van der Waals surface area contributed by atoms with Crippen molar-refractivity contribution in [2.75, 3.05) is 0 Å². The number of aryl methyl sites for hydroxylation is 3. The Morgan fingerprint density at radius 2 is 2.10 bits per heavy atom. The van der Waals surface area contributed by atoms with Crippen molar-refractivity contribution in [2.24, 2.45) is 12.1 Å². The van der Waals surface area contributed by atoms with Gasteiger partial charge >= 0.3 is 0 Å². The largest absolute Gasteiger partial charge is 0.508 e. The van der Waals surface area contributed by atoms with Crippen LogP contribution in [-0.2, 0) is 11.8 Å². The van der Waals surface area contributed by atoms with Crippen LogP contribution >= 0.6 is 0 Å². The Morgan fingerprint density at radius 1 is 1.35 bits per heavy atom. The highest BCUT2D eigenvalue weighted by Gasteiger charge is 2.11. The maximum Gasteiger partial charge on any atom is 0.227 e. The average molecular weight is 272 g/mol. The van der Waals surface area contributed by atoms with Crippen molar-refractivity contribution in [1.29, 1.82) is 0 Å². The van der Waals surface area contributed by atoms with Crippen molar-refractivity contribution in [3.05, 3.63) is 41.0 Å². The lowest BCUT2D eigenvalue weighted by atomic mass is 9.98. The molecule has 0 unspecified atom stereocenters. The lowest BCUT2D eigenvalue weighted by Crippen LogP contribution is -2.27. The van der Waals surface area contributed by atoms with Crippen LogP contribution < -0.4 is 10.9 Å². The predicted molar refractivity (Wildman–Crippen MR) is 74.5 cm³/mol. The van der Waals surface area contributed by atoms with Crippen molar-refractivity contribution >= 4 is 6.41 Å². The number of nitrogens with zero attached hydrogens (tertiary/aromatic N) is 3. The van der Waals surface area contributed by atoms with Gasteiger partial charge in [-0.15, -0.1) is 0 Å². The zero-order chi connectivity index (χ0) is 14.7. The first-order valence-corrected chi connectivity index (χ1v) is 6.10. The standard InChI is InChI=1S/C14H16N4O2/c1-9-6-11(20)4-5-12(9)13-10(2)7-16-18(3)14(13)17-15-8-19/h4-8,20H,1-3H3,(H,15,19)/b17-14-. The van der Waals surface area contributed by atoms with E-state index in [0.717, 1.165) is 22.3 Å². The first kappa shape index (κ1) is 13.8. The van der Waals surface area contributed by atoms with E-state index in [4.69, 9.17) is 0 Å². The van der Waals surface area contributed by atoms with Crippen molar-refractivity contribution in [2.45, 2.75) is 13.8 Å². The molecular formula is C14H16N4O2. The van der Waals surface area contributed by atoms with Crippen LogP contribution in [0.25, 0.3) is 11.1 Å². The van der Waals surface area contributed by atoms with Gasteiger partial charge in [-0.1, -0.05) is 6.07 Å². The Labute approximate surface area is 116 Å². The summed E-state index contributed by atoms with van der Waals surface area (Å²) in [5.41, 5.74) is 6.51. The number of nitrogens with one attached hydrogen (secondary N) is 1. The Balaban J connectivity index is 2.78. The highest BCUT2D eigenvalue weighted by molar-refractivity contribution is 5.69. The van der Waals surface area contributed by atoms with Crippen LogP contribution in [0.3, 0.4) is 0 Å². The molecule has 2 aromatic rings. The molecule has 0 saturated carbocycles. The SMILES string of the molecule is Cc1cc(O)ccc1-c1c(C)cnn(C)/c1=N\NC=O. The van der Waals surface area contributed by atoms with Gasteiger partial charge in [-0.05, 0) is 42.7 Å². The summed E-state index contributed by atoms with van der Waals surface area (Å²) < 4.78 is 1.59. The molecule has 0 spiro atoms. The van der Waals surface area contributed by atoms with E-state index in [-0.39, 0.29) is 5.75 Å². The maximum absolute atomic E-state index is 10.5. The van der Waals surface area contributed by atoms with E-state index in [2.05, 4.69) is 15.6 Å². The first-order chi connectivity index (χ1) is 9.54. The summed E-state index contributed by atoms with van der Waals surface area (Å²) in [5.74, 6) is 0.215. The lowest BCUT2D eigenvalue weighted by Gasteiger charge is -2.12. The Bertz CT molecular complexity index is 720. The molecule has 1 amide bonds. The number of rotatable bonds is 3. The van der Waals surface area contributed by atoms with Crippen LogP contribution in [0, 0.1) is 13.8 Å². The topological polar surface area (TPSA) is 79.5 Å². The molecule has 1 aromatic heterocycles. The molecule has 1 aromatic carbocycles. The molecule has 0 fully saturated rings. The average Bonchev–Trinajstić information content (AvgIpc) is 2.41. The highest BCUT2D eigenvalue weighted by Crippen LogP contribution is 2.25. The van der Waals surface area contributed by atoms with Gasteiger partial charge in [0.1, 0.15) is 5.75 Å². The molecule has 6 heteroatoms. The second-order valence-electron chi connectivity index (χ2n) is 4.51. The predicted octanol–water partition coefficient (Wildman–Crippen LogP) is 0.971. The quantitative estimate of drug-likeness (QED) is 0.645. The molecule has 0 radical (unpaired) electrons. The number of hydrogen-bond acceptors (Lipinski definition) is 4. The van der Waals surface area contributed by atoms with Gasteiger partial charge in [0.05, 0.1) is 6.20 Å². The Hall–Kier alpha value is -2.63. The summed E-state index contributed by atoms with van der Waals surface area (Å²) >= 11 is 0. The van der Waals surface area contributed by atoms with Gasteiger partial charge in [-0.2, -0.15) is 10.2 Å². The zero-order valence-electron chi connectivity index (χ0n) is 11.6. The third-order valence-electron chi connectivity index (χ3n) is 3.05. The molecule has 0 bridgehead atoms. The van der Waals surface area contributed by atoms with Crippen LogP contribution in [-0.4, -0.2) is 21.3 Å². The molecule has 104 valence electrons. The Kier molecular flexibility index (Phi) is 3.84. The fraction of sp³-hybridized carbons (Fsp3) is 0.214. The molecular weight excluding hydrogens is 256 g/mol. The minimum absolute atomic E-state index is 0.215. The third kappa shape index (κ3) is 2.54. The maximum atomic E-state index is 10.5.